The van der Waals surface area contributed by atoms with E-state index in [9.17, 15) is 0 Å². The Kier molecular flexibility index (Phi) is 7.53. The zero-order valence-corrected chi connectivity index (χ0v) is 27.4. The highest BCUT2D eigenvalue weighted by molar-refractivity contribution is 7.25. The predicted molar refractivity (Wildman–Crippen MR) is 203 cm³/mol. The predicted octanol–water partition coefficient (Wildman–Crippen LogP) is 10.6. The third-order valence-electron chi connectivity index (χ3n) is 8.40. The van der Waals surface area contributed by atoms with Crippen LogP contribution in [0.25, 0.3) is 65.7 Å². The Hall–Kier alpha value is -6.64. The van der Waals surface area contributed by atoms with Crippen molar-refractivity contribution in [1.82, 2.24) is 29.9 Å². The topological polar surface area (TPSA) is 80.6 Å². The van der Waals surface area contributed by atoms with Crippen molar-refractivity contribution in [2.75, 3.05) is 4.90 Å². The van der Waals surface area contributed by atoms with E-state index in [1.54, 1.807) is 11.3 Å². The molecule has 8 heteroatoms. The number of anilines is 3. The number of thiophene rings is 1. The number of rotatable bonds is 7. The van der Waals surface area contributed by atoms with Crippen LogP contribution in [0.2, 0.25) is 0 Å². The van der Waals surface area contributed by atoms with Gasteiger partial charge in [-0.05, 0) is 18.2 Å². The minimum atomic E-state index is 0.391. The molecule has 0 unspecified atom stereocenters. The van der Waals surface area contributed by atoms with Gasteiger partial charge in [-0.25, -0.2) is 14.9 Å². The smallest absolute Gasteiger partial charge is 0.241 e. The Balaban J connectivity index is 1.33. The lowest BCUT2D eigenvalue weighted by atomic mass is 10.1. The number of hydrogen-bond donors (Lipinski definition) is 0. The van der Waals surface area contributed by atoms with Gasteiger partial charge in [0.05, 0.1) is 5.69 Å². The lowest BCUT2D eigenvalue weighted by molar-refractivity contribution is 0.965. The Morgan fingerprint density at radius 2 is 0.720 bits per heavy atom. The highest BCUT2D eigenvalue weighted by Crippen LogP contribution is 2.40. The molecule has 3 aromatic heterocycles. The average molecular weight is 662 g/mol. The molecule has 0 radical (unpaired) electrons. The molecule has 50 heavy (non-hydrogen) atoms. The van der Waals surface area contributed by atoms with Crippen LogP contribution in [-0.4, -0.2) is 29.9 Å². The fourth-order valence-corrected chi connectivity index (χ4v) is 7.11. The molecule has 9 rings (SSSR count). The Labute approximate surface area is 292 Å². The molecule has 0 aliphatic carbocycles. The van der Waals surface area contributed by atoms with Crippen molar-refractivity contribution in [3.05, 3.63) is 164 Å². The zero-order chi connectivity index (χ0) is 33.3. The first-order chi connectivity index (χ1) is 24.8. The third-order valence-corrected chi connectivity index (χ3v) is 9.53. The van der Waals surface area contributed by atoms with Crippen molar-refractivity contribution >= 4 is 49.1 Å². The van der Waals surface area contributed by atoms with Crippen LogP contribution in [0.5, 0.6) is 0 Å². The molecule has 0 N–H and O–H groups in total. The highest BCUT2D eigenvalue weighted by atomic mass is 32.1. The zero-order valence-electron chi connectivity index (χ0n) is 26.6. The van der Waals surface area contributed by atoms with Crippen LogP contribution in [0.15, 0.2) is 164 Å². The number of aromatic nitrogens is 6. The number of hydrogen-bond acceptors (Lipinski definition) is 8. The molecule has 0 spiro atoms. The fraction of sp³-hybridized carbons (Fsp3) is 0. The molecule has 0 fully saturated rings. The summed E-state index contributed by atoms with van der Waals surface area (Å²) >= 11 is 1.75. The van der Waals surface area contributed by atoms with Crippen LogP contribution in [0.4, 0.5) is 17.6 Å². The minimum absolute atomic E-state index is 0.391. The Morgan fingerprint density at radius 3 is 1.16 bits per heavy atom. The van der Waals surface area contributed by atoms with Gasteiger partial charge in [0.15, 0.2) is 23.3 Å². The van der Waals surface area contributed by atoms with E-state index in [1.165, 1.54) is 15.5 Å². The molecule has 0 bridgehead atoms. The van der Waals surface area contributed by atoms with Gasteiger partial charge < -0.3 is 0 Å². The van der Waals surface area contributed by atoms with Gasteiger partial charge in [-0.1, -0.05) is 146 Å². The molecule has 3 heterocycles. The first-order valence-corrected chi connectivity index (χ1v) is 17.0. The lowest BCUT2D eigenvalue weighted by Crippen LogP contribution is -2.19. The van der Waals surface area contributed by atoms with Crippen LogP contribution < -0.4 is 4.90 Å². The fourth-order valence-electron chi connectivity index (χ4n) is 5.97. The van der Waals surface area contributed by atoms with Crippen molar-refractivity contribution in [3.8, 4) is 45.6 Å². The van der Waals surface area contributed by atoms with Crippen molar-refractivity contribution < 1.29 is 0 Å². The first kappa shape index (κ1) is 29.5. The Morgan fingerprint density at radius 1 is 0.340 bits per heavy atom. The van der Waals surface area contributed by atoms with Gasteiger partial charge in [0.1, 0.15) is 0 Å². The molecule has 6 aromatic carbocycles. The summed E-state index contributed by atoms with van der Waals surface area (Å²) in [6.07, 6.45) is 0. The maximum Gasteiger partial charge on any atom is 0.241 e. The summed E-state index contributed by atoms with van der Waals surface area (Å²) in [6.45, 7) is 0. The van der Waals surface area contributed by atoms with Crippen LogP contribution in [0.1, 0.15) is 0 Å². The molecule has 9 aromatic rings. The van der Waals surface area contributed by atoms with E-state index in [2.05, 4.69) is 42.5 Å². The second-order valence-corrected chi connectivity index (χ2v) is 12.7. The van der Waals surface area contributed by atoms with Gasteiger partial charge >= 0.3 is 0 Å². The monoisotopic (exact) mass is 661 g/mol. The molecule has 0 amide bonds. The van der Waals surface area contributed by atoms with E-state index in [-0.39, 0.29) is 0 Å². The number of benzene rings is 6. The molecule has 0 saturated heterocycles. The first-order valence-electron chi connectivity index (χ1n) is 16.2. The molecule has 0 aliphatic heterocycles. The molecule has 236 valence electrons. The lowest BCUT2D eigenvalue weighted by Gasteiger charge is -2.23. The number of nitrogens with zero attached hydrogens (tertiary/aromatic N) is 7. The summed E-state index contributed by atoms with van der Waals surface area (Å²) in [4.78, 5) is 32.3. The normalized spacial score (nSPS) is 11.2. The van der Waals surface area contributed by atoms with Crippen molar-refractivity contribution in [2.24, 2.45) is 0 Å². The summed E-state index contributed by atoms with van der Waals surface area (Å²) < 4.78 is 2.36. The minimum Gasteiger partial charge on any atom is -0.246 e. The molecular weight excluding hydrogens is 635 g/mol. The summed E-state index contributed by atoms with van der Waals surface area (Å²) in [5, 5.41) is 2.41. The molecule has 7 nitrogen and oxygen atoms in total. The van der Waals surface area contributed by atoms with Crippen LogP contribution in [0.3, 0.4) is 0 Å². The highest BCUT2D eigenvalue weighted by Gasteiger charge is 2.24. The molecule has 0 saturated carbocycles. The average Bonchev–Trinajstić information content (AvgIpc) is 3.57. The van der Waals surface area contributed by atoms with Crippen LogP contribution in [-0.2, 0) is 0 Å². The van der Waals surface area contributed by atoms with E-state index in [0.717, 1.165) is 32.6 Å². The largest absolute Gasteiger partial charge is 0.246 e. The summed E-state index contributed by atoms with van der Waals surface area (Å²) in [7, 11) is 0. The van der Waals surface area contributed by atoms with Crippen molar-refractivity contribution in [2.45, 2.75) is 0 Å². The molecular formula is C42H27N7S. The van der Waals surface area contributed by atoms with Crippen molar-refractivity contribution in [3.63, 3.8) is 0 Å². The second kappa shape index (κ2) is 12.8. The van der Waals surface area contributed by atoms with Gasteiger partial charge in [-0.15, -0.1) is 11.3 Å². The van der Waals surface area contributed by atoms with Gasteiger partial charge in [0.25, 0.3) is 0 Å². The molecule has 0 atom stereocenters. The molecule has 0 aliphatic rings. The maximum absolute atomic E-state index is 5.12. The van der Waals surface area contributed by atoms with E-state index in [4.69, 9.17) is 29.9 Å². The van der Waals surface area contributed by atoms with Gasteiger partial charge in [0.2, 0.25) is 11.9 Å². The third kappa shape index (κ3) is 5.63. The van der Waals surface area contributed by atoms with E-state index in [0.29, 0.717) is 35.2 Å². The van der Waals surface area contributed by atoms with Crippen LogP contribution in [0, 0.1) is 0 Å². The summed E-state index contributed by atoms with van der Waals surface area (Å²) in [5.41, 5.74) is 4.31. The SMILES string of the molecule is c1ccc(-c2nc(-c3ccccc3)nc(N(c3ccc4c(c3)sc3ccccc34)c3nc(-c4ccccc4)nc(-c4ccccc4)n3)n2)cc1. The number of fused-ring (bicyclic) bond motifs is 3. The standard InChI is InChI=1S/C42H27N7S/c1-5-15-28(16-6-1)37-43-38(29-17-7-2-8-18-29)46-41(45-37)49(32-25-26-34-33-23-13-14-24-35(33)50-36(34)27-32)42-47-39(30-19-9-3-10-20-30)44-40(48-42)31-21-11-4-12-22-31/h1-27H. The van der Waals surface area contributed by atoms with E-state index >= 15 is 0 Å². The quantitative estimate of drug-likeness (QED) is 0.168. The second-order valence-electron chi connectivity index (χ2n) is 11.6. The van der Waals surface area contributed by atoms with E-state index in [1.807, 2.05) is 126 Å². The van der Waals surface area contributed by atoms with Crippen molar-refractivity contribution in [1.29, 1.82) is 0 Å². The van der Waals surface area contributed by atoms with Gasteiger partial charge in [0, 0.05) is 42.4 Å². The van der Waals surface area contributed by atoms with Gasteiger partial charge in [-0.2, -0.15) is 19.9 Å². The summed E-state index contributed by atoms with van der Waals surface area (Å²) in [5.74, 6) is 2.96. The van der Waals surface area contributed by atoms with Gasteiger partial charge in [-0.3, -0.25) is 0 Å². The summed E-state index contributed by atoms with van der Waals surface area (Å²) in [6, 6.07) is 54.7. The maximum atomic E-state index is 5.12. The Bertz CT molecular complexity index is 2350. The van der Waals surface area contributed by atoms with E-state index < -0.39 is 0 Å². The van der Waals surface area contributed by atoms with Crippen LogP contribution >= 0.6 is 11.3 Å².